The Balaban J connectivity index is 1.87. The third-order valence-electron chi connectivity index (χ3n) is 5.94. The number of hydrogen-bond donors (Lipinski definition) is 1. The second kappa shape index (κ2) is 13.7. The molecule has 1 aliphatic carbocycles. The number of aliphatic imine (C=N–C) groups is 1. The predicted molar refractivity (Wildman–Crippen MR) is 159 cm³/mol. The first kappa shape index (κ1) is 26.4. The van der Waals surface area contributed by atoms with Crippen LogP contribution in [0.2, 0.25) is 0 Å². The molecule has 0 bridgehead atoms. The zero-order chi connectivity index (χ0) is 25.8. The van der Waals surface area contributed by atoms with Crippen molar-refractivity contribution in [1.29, 1.82) is 0 Å². The SMILES string of the molecule is C=C/C=C(\C=C/CC)C(=C)/C=C(\C=C)c1cccc(-c2cccc(C(N)=NCC3=CCCC=C3)c2)c1. The lowest BCUT2D eigenvalue weighted by Gasteiger charge is -2.10. The van der Waals surface area contributed by atoms with Crippen molar-refractivity contribution in [2.45, 2.75) is 26.2 Å². The summed E-state index contributed by atoms with van der Waals surface area (Å²) in [7, 11) is 0. The fourth-order valence-corrected chi connectivity index (χ4v) is 3.96. The number of nitrogens with two attached hydrogens (primary N) is 1. The van der Waals surface area contributed by atoms with Gasteiger partial charge in [-0.05, 0) is 76.5 Å². The smallest absolute Gasteiger partial charge is 0.125 e. The van der Waals surface area contributed by atoms with Gasteiger partial charge >= 0.3 is 0 Å². The summed E-state index contributed by atoms with van der Waals surface area (Å²) < 4.78 is 0. The van der Waals surface area contributed by atoms with Crippen molar-refractivity contribution in [3.8, 4) is 11.1 Å². The molecule has 0 fully saturated rings. The summed E-state index contributed by atoms with van der Waals surface area (Å²) in [5.74, 6) is 0.553. The van der Waals surface area contributed by atoms with E-state index in [9.17, 15) is 0 Å². The van der Waals surface area contributed by atoms with E-state index in [1.165, 1.54) is 5.57 Å². The molecule has 0 saturated heterocycles. The van der Waals surface area contributed by atoms with Crippen molar-refractivity contribution in [2.75, 3.05) is 6.54 Å². The Bertz CT molecular complexity index is 1290. The maximum absolute atomic E-state index is 6.35. The fraction of sp³-hybridized carbons (Fsp3) is 0.147. The van der Waals surface area contributed by atoms with Crippen molar-refractivity contribution in [3.05, 3.63) is 151 Å². The molecule has 0 aliphatic heterocycles. The van der Waals surface area contributed by atoms with Crippen molar-refractivity contribution < 1.29 is 0 Å². The van der Waals surface area contributed by atoms with Gasteiger partial charge in [-0.1, -0.05) is 112 Å². The molecule has 0 amide bonds. The number of hydrogen-bond acceptors (Lipinski definition) is 1. The first-order valence-corrected chi connectivity index (χ1v) is 12.4. The lowest BCUT2D eigenvalue weighted by atomic mass is 9.95. The second-order valence-corrected chi connectivity index (χ2v) is 8.62. The summed E-state index contributed by atoms with van der Waals surface area (Å²) in [6.07, 6.45) is 21.6. The quantitative estimate of drug-likeness (QED) is 0.199. The zero-order valence-corrected chi connectivity index (χ0v) is 21.3. The van der Waals surface area contributed by atoms with Crippen LogP contribution in [-0.2, 0) is 0 Å². The predicted octanol–water partition coefficient (Wildman–Crippen LogP) is 8.54. The van der Waals surface area contributed by atoms with Crippen LogP contribution in [0.3, 0.4) is 0 Å². The van der Waals surface area contributed by atoms with Crippen molar-refractivity contribution in [3.63, 3.8) is 0 Å². The van der Waals surface area contributed by atoms with Crippen molar-refractivity contribution >= 4 is 11.4 Å². The molecule has 2 N–H and O–H groups in total. The highest BCUT2D eigenvalue weighted by Crippen LogP contribution is 2.27. The van der Waals surface area contributed by atoms with Crippen LogP contribution >= 0.6 is 0 Å². The standard InChI is InChI=1S/C34H36N2/c1-5-8-17-29(14-6-2)26(4)22-28(7-3)30-18-12-19-31(23-30)32-20-13-21-33(24-32)34(35)36-25-27-15-10-9-11-16-27/h6-8,10,12-24H,2-5,9,11,25H2,1H3,(H2,35,36)/b17-8-,28-22+,29-14+. The molecule has 2 heteroatoms. The van der Waals surface area contributed by atoms with Crippen LogP contribution in [0, 0.1) is 0 Å². The van der Waals surface area contributed by atoms with E-state index in [0.717, 1.165) is 58.2 Å². The average molecular weight is 473 g/mol. The van der Waals surface area contributed by atoms with Crippen LogP contribution in [0.1, 0.15) is 37.3 Å². The summed E-state index contributed by atoms with van der Waals surface area (Å²) in [6.45, 7) is 14.9. The number of nitrogens with zero attached hydrogens (tertiary/aromatic N) is 1. The third kappa shape index (κ3) is 7.41. The van der Waals surface area contributed by atoms with Crippen LogP contribution in [0.4, 0.5) is 0 Å². The Morgan fingerprint density at radius 3 is 2.39 bits per heavy atom. The van der Waals surface area contributed by atoms with E-state index in [1.54, 1.807) is 6.08 Å². The van der Waals surface area contributed by atoms with Crippen LogP contribution < -0.4 is 5.73 Å². The maximum atomic E-state index is 6.35. The van der Waals surface area contributed by atoms with E-state index >= 15 is 0 Å². The van der Waals surface area contributed by atoms with E-state index in [1.807, 2.05) is 24.3 Å². The summed E-state index contributed by atoms with van der Waals surface area (Å²) in [5, 5.41) is 0. The molecular formula is C34H36N2. The van der Waals surface area contributed by atoms with Crippen LogP contribution in [0.5, 0.6) is 0 Å². The largest absolute Gasteiger partial charge is 0.383 e. The summed E-state index contributed by atoms with van der Waals surface area (Å²) in [6, 6.07) is 16.7. The second-order valence-electron chi connectivity index (χ2n) is 8.62. The van der Waals surface area contributed by atoms with Gasteiger partial charge in [0.2, 0.25) is 0 Å². The highest BCUT2D eigenvalue weighted by Gasteiger charge is 2.07. The van der Waals surface area contributed by atoms with Gasteiger partial charge in [0.15, 0.2) is 0 Å². The molecule has 2 nitrogen and oxygen atoms in total. The molecule has 2 aromatic rings. The van der Waals surface area contributed by atoms with Gasteiger partial charge < -0.3 is 5.73 Å². The molecule has 0 radical (unpaired) electrons. The molecule has 2 aromatic carbocycles. The van der Waals surface area contributed by atoms with Gasteiger partial charge in [-0.15, -0.1) is 0 Å². The minimum absolute atomic E-state index is 0.553. The molecule has 36 heavy (non-hydrogen) atoms. The molecule has 0 spiro atoms. The Morgan fingerprint density at radius 1 is 1.03 bits per heavy atom. The lowest BCUT2D eigenvalue weighted by molar-refractivity contribution is 0.994. The van der Waals surface area contributed by atoms with E-state index in [2.05, 4.69) is 105 Å². The molecule has 3 rings (SSSR count). The van der Waals surface area contributed by atoms with Gasteiger partial charge in [-0.3, -0.25) is 4.99 Å². The molecular weight excluding hydrogens is 436 g/mol. The Morgan fingerprint density at radius 2 is 1.75 bits per heavy atom. The summed E-state index contributed by atoms with van der Waals surface area (Å²) >= 11 is 0. The minimum Gasteiger partial charge on any atom is -0.383 e. The van der Waals surface area contributed by atoms with Gasteiger partial charge in [0.05, 0.1) is 6.54 Å². The average Bonchev–Trinajstić information content (AvgIpc) is 2.93. The van der Waals surface area contributed by atoms with Gasteiger partial charge in [0.25, 0.3) is 0 Å². The van der Waals surface area contributed by atoms with E-state index in [4.69, 9.17) is 5.73 Å². The molecule has 0 atom stereocenters. The summed E-state index contributed by atoms with van der Waals surface area (Å²) in [4.78, 5) is 4.62. The van der Waals surface area contributed by atoms with E-state index < -0.39 is 0 Å². The lowest BCUT2D eigenvalue weighted by Crippen LogP contribution is -2.14. The van der Waals surface area contributed by atoms with Crippen LogP contribution in [0.25, 0.3) is 16.7 Å². The first-order chi connectivity index (χ1) is 17.5. The third-order valence-corrected chi connectivity index (χ3v) is 5.94. The fourth-order valence-electron chi connectivity index (χ4n) is 3.96. The molecule has 182 valence electrons. The van der Waals surface area contributed by atoms with Crippen LogP contribution in [0.15, 0.2) is 145 Å². The normalized spacial score (nSPS) is 14.6. The van der Waals surface area contributed by atoms with Crippen molar-refractivity contribution in [1.82, 2.24) is 0 Å². The highest BCUT2D eigenvalue weighted by molar-refractivity contribution is 5.98. The Hall–Kier alpha value is -4.17. The Kier molecular flexibility index (Phi) is 10.0. The molecule has 0 saturated carbocycles. The van der Waals surface area contributed by atoms with Gasteiger partial charge in [-0.2, -0.15) is 0 Å². The minimum atomic E-state index is 0.553. The van der Waals surface area contributed by atoms with Gasteiger partial charge in [0.1, 0.15) is 5.84 Å². The Labute approximate surface area is 216 Å². The highest BCUT2D eigenvalue weighted by atomic mass is 14.8. The molecule has 0 heterocycles. The summed E-state index contributed by atoms with van der Waals surface area (Å²) in [5.41, 5.74) is 14.7. The first-order valence-electron chi connectivity index (χ1n) is 12.4. The number of benzene rings is 2. The van der Waals surface area contributed by atoms with E-state index in [-0.39, 0.29) is 0 Å². The van der Waals surface area contributed by atoms with E-state index in [0.29, 0.717) is 12.4 Å². The maximum Gasteiger partial charge on any atom is 0.125 e. The number of amidine groups is 1. The van der Waals surface area contributed by atoms with Crippen molar-refractivity contribution in [2.24, 2.45) is 10.7 Å². The van der Waals surface area contributed by atoms with Gasteiger partial charge in [-0.25, -0.2) is 0 Å². The monoisotopic (exact) mass is 472 g/mol. The van der Waals surface area contributed by atoms with Crippen LogP contribution in [-0.4, -0.2) is 12.4 Å². The molecule has 0 unspecified atom stereocenters. The molecule has 1 aliphatic rings. The topological polar surface area (TPSA) is 38.4 Å². The molecule has 0 aromatic heterocycles. The zero-order valence-electron chi connectivity index (χ0n) is 21.3. The van der Waals surface area contributed by atoms with Gasteiger partial charge in [0, 0.05) is 5.56 Å². The number of allylic oxidation sites excluding steroid dienone is 11. The number of rotatable bonds is 11.